The molecule has 0 atom stereocenters. The van der Waals surface area contributed by atoms with Crippen LogP contribution in [0, 0.1) is 0 Å². The number of nitrogens with one attached hydrogen (secondary N) is 1. The molecule has 0 saturated heterocycles. The summed E-state index contributed by atoms with van der Waals surface area (Å²) >= 11 is 3.09. The van der Waals surface area contributed by atoms with Crippen LogP contribution >= 0.6 is 23.1 Å². The molecule has 0 spiro atoms. The standard InChI is InChI=1S/C19H19N3OS2/c1-2-24-16-11-7-6-10-15(16)18(23)20-19-22-21-17(25-19)13-12-14-8-4-3-5-9-14/h3-11H,2,12-13H2,1H3,(H,20,22,23). The van der Waals surface area contributed by atoms with Crippen LogP contribution < -0.4 is 5.32 Å². The van der Waals surface area contributed by atoms with Gasteiger partial charge in [-0.3, -0.25) is 10.1 Å². The molecule has 1 amide bonds. The maximum absolute atomic E-state index is 12.5. The number of rotatable bonds is 7. The fourth-order valence-electron chi connectivity index (χ4n) is 2.40. The first-order valence-corrected chi connectivity index (χ1v) is 9.96. The number of carbonyl (C=O) groups is 1. The zero-order chi connectivity index (χ0) is 17.5. The molecule has 2 aromatic carbocycles. The van der Waals surface area contributed by atoms with Gasteiger partial charge in [0.1, 0.15) is 5.01 Å². The van der Waals surface area contributed by atoms with E-state index in [2.05, 4.69) is 34.6 Å². The summed E-state index contributed by atoms with van der Waals surface area (Å²) < 4.78 is 0. The summed E-state index contributed by atoms with van der Waals surface area (Å²) in [6, 6.07) is 17.9. The highest BCUT2D eigenvalue weighted by molar-refractivity contribution is 7.99. The van der Waals surface area contributed by atoms with Gasteiger partial charge in [-0.15, -0.1) is 22.0 Å². The monoisotopic (exact) mass is 369 g/mol. The third-order valence-corrected chi connectivity index (χ3v) is 5.44. The molecule has 6 heteroatoms. The third kappa shape index (κ3) is 4.90. The lowest BCUT2D eigenvalue weighted by atomic mass is 10.1. The van der Waals surface area contributed by atoms with Crippen LogP contribution in [0.15, 0.2) is 59.5 Å². The summed E-state index contributed by atoms with van der Waals surface area (Å²) in [7, 11) is 0. The van der Waals surface area contributed by atoms with Crippen LogP contribution in [0.5, 0.6) is 0 Å². The number of nitrogens with zero attached hydrogens (tertiary/aromatic N) is 2. The molecule has 0 aliphatic heterocycles. The van der Waals surface area contributed by atoms with E-state index in [1.54, 1.807) is 11.8 Å². The van der Waals surface area contributed by atoms with Crippen LogP contribution in [-0.4, -0.2) is 21.9 Å². The van der Waals surface area contributed by atoms with Gasteiger partial charge in [-0.2, -0.15) is 0 Å². The molecule has 0 bridgehead atoms. The molecule has 1 aromatic heterocycles. The van der Waals surface area contributed by atoms with Crippen molar-refractivity contribution < 1.29 is 4.79 Å². The lowest BCUT2D eigenvalue weighted by Gasteiger charge is -2.06. The van der Waals surface area contributed by atoms with Crippen LogP contribution in [0.3, 0.4) is 0 Å². The van der Waals surface area contributed by atoms with Gasteiger partial charge in [0.25, 0.3) is 5.91 Å². The Balaban J connectivity index is 1.62. The van der Waals surface area contributed by atoms with Crippen molar-refractivity contribution in [2.75, 3.05) is 11.1 Å². The minimum atomic E-state index is -0.137. The number of thioether (sulfide) groups is 1. The average molecular weight is 370 g/mol. The number of amides is 1. The number of carbonyl (C=O) groups excluding carboxylic acids is 1. The van der Waals surface area contributed by atoms with Crippen LogP contribution in [-0.2, 0) is 12.8 Å². The lowest BCUT2D eigenvalue weighted by molar-refractivity contribution is 0.102. The summed E-state index contributed by atoms with van der Waals surface area (Å²) in [6.45, 7) is 2.07. The highest BCUT2D eigenvalue weighted by Crippen LogP contribution is 2.24. The van der Waals surface area contributed by atoms with Gasteiger partial charge in [-0.05, 0) is 29.9 Å². The number of aromatic nitrogens is 2. The summed E-state index contributed by atoms with van der Waals surface area (Å²) in [5, 5.41) is 12.6. The zero-order valence-electron chi connectivity index (χ0n) is 13.9. The molecule has 1 N–H and O–H groups in total. The Bertz CT molecular complexity index is 833. The van der Waals surface area contributed by atoms with E-state index in [-0.39, 0.29) is 5.91 Å². The number of anilines is 1. The molecule has 0 fully saturated rings. The molecule has 3 rings (SSSR count). The Hall–Kier alpha value is -2.18. The van der Waals surface area contributed by atoms with E-state index in [9.17, 15) is 4.79 Å². The number of aryl methyl sites for hydroxylation is 2. The van der Waals surface area contributed by atoms with Crippen molar-refractivity contribution in [3.8, 4) is 0 Å². The lowest BCUT2D eigenvalue weighted by Crippen LogP contribution is -2.12. The van der Waals surface area contributed by atoms with Crippen molar-refractivity contribution in [3.63, 3.8) is 0 Å². The van der Waals surface area contributed by atoms with Crippen molar-refractivity contribution in [1.29, 1.82) is 0 Å². The molecule has 0 saturated carbocycles. The van der Waals surface area contributed by atoms with Gasteiger partial charge in [0.15, 0.2) is 0 Å². The van der Waals surface area contributed by atoms with Crippen LogP contribution in [0.2, 0.25) is 0 Å². The highest BCUT2D eigenvalue weighted by atomic mass is 32.2. The maximum Gasteiger partial charge on any atom is 0.258 e. The molecule has 4 nitrogen and oxygen atoms in total. The van der Waals surface area contributed by atoms with Gasteiger partial charge in [-0.25, -0.2) is 0 Å². The molecular weight excluding hydrogens is 350 g/mol. The SMILES string of the molecule is CCSc1ccccc1C(=O)Nc1nnc(CCc2ccccc2)s1. The number of benzene rings is 2. The first-order chi connectivity index (χ1) is 12.3. The summed E-state index contributed by atoms with van der Waals surface area (Å²) in [4.78, 5) is 13.5. The van der Waals surface area contributed by atoms with Crippen molar-refractivity contribution in [2.45, 2.75) is 24.7 Å². The van der Waals surface area contributed by atoms with E-state index in [1.165, 1.54) is 16.9 Å². The van der Waals surface area contributed by atoms with E-state index in [4.69, 9.17) is 0 Å². The summed E-state index contributed by atoms with van der Waals surface area (Å²) in [5.74, 6) is 0.787. The van der Waals surface area contributed by atoms with Gasteiger partial charge in [0.2, 0.25) is 5.13 Å². The Kier molecular flexibility index (Phi) is 6.19. The topological polar surface area (TPSA) is 54.9 Å². The summed E-state index contributed by atoms with van der Waals surface area (Å²) in [6.07, 6.45) is 1.74. The van der Waals surface area contributed by atoms with E-state index < -0.39 is 0 Å². The van der Waals surface area contributed by atoms with E-state index in [1.807, 2.05) is 42.5 Å². The maximum atomic E-state index is 12.5. The zero-order valence-corrected chi connectivity index (χ0v) is 15.6. The summed E-state index contributed by atoms with van der Waals surface area (Å²) in [5.41, 5.74) is 1.95. The Morgan fingerprint density at radius 3 is 2.60 bits per heavy atom. The molecule has 25 heavy (non-hydrogen) atoms. The average Bonchev–Trinajstić information content (AvgIpc) is 3.09. The fourth-order valence-corrected chi connectivity index (χ4v) is 3.94. The highest BCUT2D eigenvalue weighted by Gasteiger charge is 2.13. The second-order valence-electron chi connectivity index (χ2n) is 5.37. The van der Waals surface area contributed by atoms with Crippen molar-refractivity contribution in [2.24, 2.45) is 0 Å². The van der Waals surface area contributed by atoms with Gasteiger partial charge in [0.05, 0.1) is 5.56 Å². The number of hydrogen-bond donors (Lipinski definition) is 1. The normalized spacial score (nSPS) is 10.6. The van der Waals surface area contributed by atoms with Crippen LogP contribution in [0.25, 0.3) is 0 Å². The Labute approximate surface area is 155 Å². The molecule has 128 valence electrons. The van der Waals surface area contributed by atoms with Crippen molar-refractivity contribution >= 4 is 34.1 Å². The molecule has 1 heterocycles. The first kappa shape index (κ1) is 17.6. The minimum Gasteiger partial charge on any atom is -0.296 e. The van der Waals surface area contributed by atoms with E-state index >= 15 is 0 Å². The molecule has 0 aliphatic rings. The first-order valence-electron chi connectivity index (χ1n) is 8.15. The van der Waals surface area contributed by atoms with E-state index in [0.717, 1.165) is 28.5 Å². The molecule has 3 aromatic rings. The van der Waals surface area contributed by atoms with E-state index in [0.29, 0.717) is 10.7 Å². The fraction of sp³-hybridized carbons (Fsp3) is 0.211. The smallest absolute Gasteiger partial charge is 0.258 e. The molecule has 0 aliphatic carbocycles. The van der Waals surface area contributed by atoms with Crippen LogP contribution in [0.4, 0.5) is 5.13 Å². The molecular formula is C19H19N3OS2. The van der Waals surface area contributed by atoms with Gasteiger partial charge in [-0.1, -0.05) is 60.7 Å². The van der Waals surface area contributed by atoms with Crippen LogP contribution in [0.1, 0.15) is 27.9 Å². The predicted molar refractivity (Wildman–Crippen MR) is 105 cm³/mol. The quantitative estimate of drug-likeness (QED) is 0.614. The molecule has 0 radical (unpaired) electrons. The predicted octanol–water partition coefficient (Wildman–Crippen LogP) is 4.69. The van der Waals surface area contributed by atoms with Crippen molar-refractivity contribution in [1.82, 2.24) is 10.2 Å². The third-order valence-electron chi connectivity index (χ3n) is 3.59. The second-order valence-corrected chi connectivity index (χ2v) is 7.74. The second kappa shape index (κ2) is 8.78. The van der Waals surface area contributed by atoms with Gasteiger partial charge in [0, 0.05) is 11.3 Å². The molecule has 0 unspecified atom stereocenters. The largest absolute Gasteiger partial charge is 0.296 e. The minimum absolute atomic E-state index is 0.137. The number of hydrogen-bond acceptors (Lipinski definition) is 5. The van der Waals surface area contributed by atoms with Crippen molar-refractivity contribution in [3.05, 3.63) is 70.7 Å². The van der Waals surface area contributed by atoms with Gasteiger partial charge < -0.3 is 0 Å². The Morgan fingerprint density at radius 1 is 1.04 bits per heavy atom. The van der Waals surface area contributed by atoms with Gasteiger partial charge >= 0.3 is 0 Å². The Morgan fingerprint density at radius 2 is 1.80 bits per heavy atom.